The molecule has 0 unspecified atom stereocenters. The van der Waals surface area contributed by atoms with Crippen LogP contribution in [0.4, 0.5) is 0 Å². The third-order valence-electron chi connectivity index (χ3n) is 3.49. The molecule has 0 bridgehead atoms. The number of para-hydroxylation sites is 1. The highest BCUT2D eigenvalue weighted by Gasteiger charge is 2.06. The summed E-state index contributed by atoms with van der Waals surface area (Å²) in [6.07, 6.45) is 1.54. The van der Waals surface area contributed by atoms with Crippen molar-refractivity contribution < 1.29 is 9.53 Å². The van der Waals surface area contributed by atoms with E-state index in [0.29, 0.717) is 24.4 Å². The summed E-state index contributed by atoms with van der Waals surface area (Å²) in [4.78, 5) is 23.7. The van der Waals surface area contributed by atoms with Gasteiger partial charge in [0.25, 0.3) is 11.5 Å². The van der Waals surface area contributed by atoms with Gasteiger partial charge in [0.1, 0.15) is 11.5 Å². The summed E-state index contributed by atoms with van der Waals surface area (Å²) in [7, 11) is 0. The van der Waals surface area contributed by atoms with Crippen molar-refractivity contribution in [2.75, 3.05) is 6.54 Å². The van der Waals surface area contributed by atoms with Gasteiger partial charge in [-0.05, 0) is 42.5 Å². The fourth-order valence-corrected chi connectivity index (χ4v) is 2.23. The number of benzene rings is 2. The van der Waals surface area contributed by atoms with Crippen LogP contribution in [0.15, 0.2) is 77.7 Å². The maximum atomic E-state index is 12.1. The van der Waals surface area contributed by atoms with Crippen molar-refractivity contribution in [2.45, 2.75) is 6.54 Å². The third-order valence-corrected chi connectivity index (χ3v) is 3.49. The SMILES string of the molecule is O=C(NCCn1ncccc1=O)c1ccc(Oc2ccccc2)cc1. The van der Waals surface area contributed by atoms with Crippen molar-refractivity contribution in [1.29, 1.82) is 0 Å². The summed E-state index contributed by atoms with van der Waals surface area (Å²) < 4.78 is 6.99. The van der Waals surface area contributed by atoms with Gasteiger partial charge in [0.15, 0.2) is 0 Å². The van der Waals surface area contributed by atoms with Crippen molar-refractivity contribution in [3.63, 3.8) is 0 Å². The van der Waals surface area contributed by atoms with E-state index in [2.05, 4.69) is 10.4 Å². The van der Waals surface area contributed by atoms with E-state index in [4.69, 9.17) is 4.74 Å². The van der Waals surface area contributed by atoms with Gasteiger partial charge in [-0.1, -0.05) is 18.2 Å². The molecule has 0 saturated heterocycles. The van der Waals surface area contributed by atoms with Gasteiger partial charge in [-0.2, -0.15) is 5.10 Å². The van der Waals surface area contributed by atoms with E-state index in [0.717, 1.165) is 5.75 Å². The molecule has 0 aliphatic carbocycles. The summed E-state index contributed by atoms with van der Waals surface area (Å²) in [6.45, 7) is 0.638. The summed E-state index contributed by atoms with van der Waals surface area (Å²) in [6, 6.07) is 19.3. The van der Waals surface area contributed by atoms with E-state index in [1.807, 2.05) is 30.3 Å². The molecular weight excluding hydrogens is 318 g/mol. The lowest BCUT2D eigenvalue weighted by Gasteiger charge is -2.08. The Morgan fingerprint density at radius 2 is 1.68 bits per heavy atom. The van der Waals surface area contributed by atoms with Crippen LogP contribution in [0.5, 0.6) is 11.5 Å². The molecule has 0 saturated carbocycles. The van der Waals surface area contributed by atoms with Crippen LogP contribution in [0.3, 0.4) is 0 Å². The summed E-state index contributed by atoms with van der Waals surface area (Å²) in [5, 5.41) is 6.70. The molecule has 2 aromatic carbocycles. The molecule has 1 heterocycles. The molecule has 1 N–H and O–H groups in total. The van der Waals surface area contributed by atoms with E-state index in [1.165, 1.54) is 16.9 Å². The first-order valence-electron chi connectivity index (χ1n) is 7.86. The lowest BCUT2D eigenvalue weighted by Crippen LogP contribution is -2.31. The first-order chi connectivity index (χ1) is 12.2. The van der Waals surface area contributed by atoms with Crippen LogP contribution < -0.4 is 15.6 Å². The molecule has 0 atom stereocenters. The molecule has 0 aliphatic rings. The van der Waals surface area contributed by atoms with E-state index in [-0.39, 0.29) is 11.5 Å². The van der Waals surface area contributed by atoms with Crippen LogP contribution in [-0.4, -0.2) is 22.2 Å². The topological polar surface area (TPSA) is 73.2 Å². The van der Waals surface area contributed by atoms with Crippen molar-refractivity contribution in [1.82, 2.24) is 15.1 Å². The number of aromatic nitrogens is 2. The fourth-order valence-electron chi connectivity index (χ4n) is 2.23. The zero-order chi connectivity index (χ0) is 17.5. The predicted octanol–water partition coefficient (Wildman–Crippen LogP) is 2.47. The van der Waals surface area contributed by atoms with Gasteiger partial charge in [0.05, 0.1) is 6.54 Å². The van der Waals surface area contributed by atoms with Crippen LogP contribution in [0.25, 0.3) is 0 Å². The van der Waals surface area contributed by atoms with Gasteiger partial charge in [0.2, 0.25) is 0 Å². The second kappa shape index (κ2) is 7.92. The molecule has 6 nitrogen and oxygen atoms in total. The molecule has 0 radical (unpaired) electrons. The van der Waals surface area contributed by atoms with Gasteiger partial charge < -0.3 is 10.1 Å². The van der Waals surface area contributed by atoms with Crippen LogP contribution in [0.2, 0.25) is 0 Å². The Hall–Kier alpha value is -3.41. The largest absolute Gasteiger partial charge is 0.457 e. The monoisotopic (exact) mass is 335 g/mol. The molecule has 1 aromatic heterocycles. The van der Waals surface area contributed by atoms with Gasteiger partial charge in [0, 0.05) is 24.4 Å². The number of carbonyl (C=O) groups is 1. The second-order valence-corrected chi connectivity index (χ2v) is 5.28. The predicted molar refractivity (Wildman–Crippen MR) is 93.8 cm³/mol. The smallest absolute Gasteiger partial charge is 0.266 e. The number of nitrogens with zero attached hydrogens (tertiary/aromatic N) is 2. The minimum absolute atomic E-state index is 0.195. The number of carbonyl (C=O) groups excluding carboxylic acids is 1. The molecule has 6 heteroatoms. The summed E-state index contributed by atoms with van der Waals surface area (Å²) in [5.74, 6) is 1.18. The number of hydrogen-bond donors (Lipinski definition) is 1. The molecule has 0 spiro atoms. The minimum atomic E-state index is -0.213. The van der Waals surface area contributed by atoms with Crippen molar-refractivity contribution in [3.8, 4) is 11.5 Å². The highest BCUT2D eigenvalue weighted by molar-refractivity contribution is 5.94. The van der Waals surface area contributed by atoms with Crippen molar-refractivity contribution in [2.24, 2.45) is 0 Å². The first kappa shape index (κ1) is 16.4. The van der Waals surface area contributed by atoms with E-state index in [1.54, 1.807) is 30.3 Å². The van der Waals surface area contributed by atoms with Crippen LogP contribution in [0, 0.1) is 0 Å². The second-order valence-electron chi connectivity index (χ2n) is 5.28. The number of amides is 1. The van der Waals surface area contributed by atoms with Crippen molar-refractivity contribution >= 4 is 5.91 Å². The zero-order valence-corrected chi connectivity index (χ0v) is 13.5. The third kappa shape index (κ3) is 4.54. The minimum Gasteiger partial charge on any atom is -0.457 e. The Kier molecular flexibility index (Phi) is 5.21. The molecule has 1 amide bonds. The molecule has 25 heavy (non-hydrogen) atoms. The Morgan fingerprint density at radius 1 is 0.960 bits per heavy atom. The Labute approximate surface area is 144 Å². The summed E-state index contributed by atoms with van der Waals surface area (Å²) in [5.41, 5.74) is 0.327. The molecule has 0 aliphatic heterocycles. The van der Waals surface area contributed by atoms with Crippen LogP contribution in [-0.2, 0) is 6.54 Å². The lowest BCUT2D eigenvalue weighted by molar-refractivity contribution is 0.0951. The molecule has 0 fully saturated rings. The van der Waals surface area contributed by atoms with Crippen LogP contribution in [0.1, 0.15) is 10.4 Å². The molecule has 3 rings (SSSR count). The number of ether oxygens (including phenoxy) is 1. The van der Waals surface area contributed by atoms with E-state index >= 15 is 0 Å². The highest BCUT2D eigenvalue weighted by atomic mass is 16.5. The number of hydrogen-bond acceptors (Lipinski definition) is 4. The molecule has 126 valence electrons. The van der Waals surface area contributed by atoms with Gasteiger partial charge in [-0.15, -0.1) is 0 Å². The lowest BCUT2D eigenvalue weighted by atomic mass is 10.2. The standard InChI is InChI=1S/C19H17N3O3/c23-18-7-4-12-21-22(18)14-13-20-19(24)15-8-10-17(11-9-15)25-16-5-2-1-3-6-16/h1-12H,13-14H2,(H,20,24). The van der Waals surface area contributed by atoms with Crippen LogP contribution >= 0.6 is 0 Å². The quantitative estimate of drug-likeness (QED) is 0.751. The molecule has 3 aromatic rings. The Balaban J connectivity index is 1.54. The highest BCUT2D eigenvalue weighted by Crippen LogP contribution is 2.20. The normalized spacial score (nSPS) is 10.2. The fraction of sp³-hybridized carbons (Fsp3) is 0.105. The maximum Gasteiger partial charge on any atom is 0.266 e. The van der Waals surface area contributed by atoms with E-state index < -0.39 is 0 Å². The first-order valence-corrected chi connectivity index (χ1v) is 7.86. The average Bonchev–Trinajstić information content (AvgIpc) is 2.65. The zero-order valence-electron chi connectivity index (χ0n) is 13.5. The summed E-state index contributed by atoms with van der Waals surface area (Å²) >= 11 is 0. The van der Waals surface area contributed by atoms with Gasteiger partial charge >= 0.3 is 0 Å². The Bertz CT molecular complexity index is 890. The van der Waals surface area contributed by atoms with E-state index in [9.17, 15) is 9.59 Å². The van der Waals surface area contributed by atoms with Gasteiger partial charge in [-0.3, -0.25) is 9.59 Å². The Morgan fingerprint density at radius 3 is 2.40 bits per heavy atom. The molecular formula is C19H17N3O3. The maximum absolute atomic E-state index is 12.1. The van der Waals surface area contributed by atoms with Gasteiger partial charge in [-0.25, -0.2) is 4.68 Å². The number of nitrogens with one attached hydrogen (secondary N) is 1. The number of rotatable bonds is 6. The van der Waals surface area contributed by atoms with Crippen molar-refractivity contribution in [3.05, 3.63) is 88.8 Å². The average molecular weight is 335 g/mol.